The molecule has 1 fully saturated rings. The molecule has 182 valence electrons. The Hall–Kier alpha value is -4.05. The monoisotopic (exact) mass is 479 g/mol. The van der Waals surface area contributed by atoms with E-state index in [1.165, 1.54) is 48.8 Å². The van der Waals surface area contributed by atoms with Crippen LogP contribution in [0.5, 0.6) is 11.5 Å². The van der Waals surface area contributed by atoms with Gasteiger partial charge in [-0.2, -0.15) is 0 Å². The number of pyridine rings is 2. The van der Waals surface area contributed by atoms with Crippen LogP contribution in [-0.2, 0) is 4.79 Å². The lowest BCUT2D eigenvalue weighted by Crippen LogP contribution is -2.58. The van der Waals surface area contributed by atoms with E-state index in [1.807, 2.05) is 18.7 Å². The third-order valence-electron chi connectivity index (χ3n) is 5.92. The summed E-state index contributed by atoms with van der Waals surface area (Å²) in [5.41, 5.74) is 0.164. The zero-order chi connectivity index (χ0) is 24.9. The minimum Gasteiger partial charge on any atom is -0.456 e. The van der Waals surface area contributed by atoms with Crippen LogP contribution in [0.25, 0.3) is 0 Å². The zero-order valence-electron chi connectivity index (χ0n) is 19.4. The molecule has 2 N–H and O–H groups in total. The molecule has 0 bridgehead atoms. The summed E-state index contributed by atoms with van der Waals surface area (Å²) in [6.45, 7) is 5.27. The quantitative estimate of drug-likeness (QED) is 0.563. The van der Waals surface area contributed by atoms with Gasteiger partial charge >= 0.3 is 0 Å². The van der Waals surface area contributed by atoms with E-state index in [-0.39, 0.29) is 29.2 Å². The smallest absolute Gasteiger partial charge is 0.255 e. The van der Waals surface area contributed by atoms with Crippen molar-refractivity contribution in [2.24, 2.45) is 0 Å². The molecule has 0 aliphatic carbocycles. The Morgan fingerprint density at radius 3 is 2.49 bits per heavy atom. The van der Waals surface area contributed by atoms with E-state index in [2.05, 4.69) is 15.3 Å². The highest BCUT2D eigenvalue weighted by atomic mass is 19.1. The van der Waals surface area contributed by atoms with Crippen molar-refractivity contribution in [1.82, 2.24) is 19.8 Å². The minimum atomic E-state index is -0.431. The molecule has 9 nitrogen and oxygen atoms in total. The molecule has 3 aromatic rings. The van der Waals surface area contributed by atoms with E-state index in [0.717, 1.165) is 0 Å². The highest BCUT2D eigenvalue weighted by Gasteiger charge is 2.32. The SMILES string of the molecule is C[C@H](C(=O)Nc1ccc(Oc2ccc(F)cc2)cn1)N1CCN(C(=O)c2ccc(=O)[nH]c2)[C@H](C)C1. The number of piperazine rings is 1. The number of amides is 2. The van der Waals surface area contributed by atoms with E-state index in [1.54, 1.807) is 17.0 Å². The lowest BCUT2D eigenvalue weighted by Gasteiger charge is -2.41. The van der Waals surface area contributed by atoms with Gasteiger partial charge < -0.3 is 19.9 Å². The number of aromatic amines is 1. The van der Waals surface area contributed by atoms with Crippen LogP contribution < -0.4 is 15.6 Å². The first-order valence-electron chi connectivity index (χ1n) is 11.2. The Morgan fingerprint density at radius 2 is 1.86 bits per heavy atom. The summed E-state index contributed by atoms with van der Waals surface area (Å²) in [4.78, 5) is 47.4. The average Bonchev–Trinajstić information content (AvgIpc) is 2.86. The van der Waals surface area contributed by atoms with Crippen LogP contribution in [0.3, 0.4) is 0 Å². The molecule has 0 radical (unpaired) electrons. The van der Waals surface area contributed by atoms with Crippen molar-refractivity contribution in [1.29, 1.82) is 0 Å². The van der Waals surface area contributed by atoms with Gasteiger partial charge in [0.2, 0.25) is 11.5 Å². The number of anilines is 1. The molecular formula is C25H26FN5O4. The molecule has 1 aromatic carbocycles. The van der Waals surface area contributed by atoms with Gasteiger partial charge in [-0.15, -0.1) is 0 Å². The number of rotatable bonds is 6. The second kappa shape index (κ2) is 10.5. The Balaban J connectivity index is 1.31. The molecule has 2 atom stereocenters. The molecule has 3 heterocycles. The van der Waals surface area contributed by atoms with Gasteiger partial charge in [-0.3, -0.25) is 19.3 Å². The summed E-state index contributed by atoms with van der Waals surface area (Å²) in [6, 6.07) is 11.2. The maximum Gasteiger partial charge on any atom is 0.255 e. The molecule has 0 unspecified atom stereocenters. The number of carbonyl (C=O) groups excluding carboxylic acids is 2. The Kier molecular flexibility index (Phi) is 7.21. The van der Waals surface area contributed by atoms with Crippen molar-refractivity contribution >= 4 is 17.6 Å². The first kappa shape index (κ1) is 24.1. The molecule has 10 heteroatoms. The van der Waals surface area contributed by atoms with Crippen molar-refractivity contribution in [3.8, 4) is 11.5 Å². The number of benzene rings is 1. The van der Waals surface area contributed by atoms with Crippen LogP contribution in [0.15, 0.2) is 65.7 Å². The lowest BCUT2D eigenvalue weighted by atomic mass is 10.1. The second-order valence-electron chi connectivity index (χ2n) is 8.38. The lowest BCUT2D eigenvalue weighted by molar-refractivity contribution is -0.121. The van der Waals surface area contributed by atoms with Crippen molar-refractivity contribution in [2.45, 2.75) is 25.9 Å². The Labute approximate surface area is 201 Å². The Morgan fingerprint density at radius 1 is 1.11 bits per heavy atom. The van der Waals surface area contributed by atoms with E-state index >= 15 is 0 Å². The number of aromatic nitrogens is 2. The molecular weight excluding hydrogens is 453 g/mol. The largest absolute Gasteiger partial charge is 0.456 e. The fourth-order valence-electron chi connectivity index (χ4n) is 3.90. The van der Waals surface area contributed by atoms with Crippen LogP contribution in [0.4, 0.5) is 10.2 Å². The van der Waals surface area contributed by atoms with Gasteiger partial charge in [0.05, 0.1) is 17.8 Å². The molecule has 1 aliphatic heterocycles. The highest BCUT2D eigenvalue weighted by molar-refractivity contribution is 5.95. The number of H-pyrrole nitrogens is 1. The predicted molar refractivity (Wildman–Crippen MR) is 128 cm³/mol. The standard InChI is InChI=1S/C25H26FN5O4/c1-16-15-30(11-12-31(16)25(34)18-3-10-23(32)28-13-18)17(2)24(33)29-22-9-8-21(14-27-22)35-20-6-4-19(26)5-7-20/h3-10,13-14,16-17H,11-12,15H2,1-2H3,(H,28,32)(H,27,29,33)/t16-,17-/m1/s1. The molecule has 2 aromatic heterocycles. The number of hydrogen-bond acceptors (Lipinski definition) is 6. The number of carbonyl (C=O) groups is 2. The van der Waals surface area contributed by atoms with Gasteiger partial charge in [-0.25, -0.2) is 9.37 Å². The molecule has 1 saturated heterocycles. The van der Waals surface area contributed by atoms with Crippen LogP contribution in [0.2, 0.25) is 0 Å². The zero-order valence-corrected chi connectivity index (χ0v) is 19.4. The van der Waals surface area contributed by atoms with Gasteiger partial charge in [0.15, 0.2) is 0 Å². The maximum absolute atomic E-state index is 13.0. The number of ether oxygens (including phenoxy) is 1. The van der Waals surface area contributed by atoms with Crippen LogP contribution in [-0.4, -0.2) is 63.3 Å². The van der Waals surface area contributed by atoms with Crippen LogP contribution >= 0.6 is 0 Å². The molecule has 1 aliphatic rings. The third kappa shape index (κ3) is 5.90. The van der Waals surface area contributed by atoms with Crippen LogP contribution in [0.1, 0.15) is 24.2 Å². The van der Waals surface area contributed by atoms with E-state index < -0.39 is 6.04 Å². The second-order valence-corrected chi connectivity index (χ2v) is 8.38. The molecule has 0 spiro atoms. The average molecular weight is 480 g/mol. The topological polar surface area (TPSA) is 108 Å². The molecule has 0 saturated carbocycles. The number of nitrogens with zero attached hydrogens (tertiary/aromatic N) is 3. The van der Waals surface area contributed by atoms with Crippen molar-refractivity contribution < 1.29 is 18.7 Å². The number of nitrogens with one attached hydrogen (secondary N) is 2. The normalized spacial score (nSPS) is 17.0. The number of hydrogen-bond donors (Lipinski definition) is 2. The fraction of sp³-hybridized carbons (Fsp3) is 0.280. The maximum atomic E-state index is 13.0. The van der Waals surface area contributed by atoms with Crippen molar-refractivity contribution in [3.63, 3.8) is 0 Å². The fourth-order valence-corrected chi connectivity index (χ4v) is 3.90. The molecule has 4 rings (SSSR count). The first-order chi connectivity index (χ1) is 16.8. The first-order valence-corrected chi connectivity index (χ1v) is 11.2. The highest BCUT2D eigenvalue weighted by Crippen LogP contribution is 2.22. The van der Waals surface area contributed by atoms with Gasteiger partial charge in [-0.1, -0.05) is 0 Å². The summed E-state index contributed by atoms with van der Waals surface area (Å²) in [6.07, 6.45) is 2.90. The minimum absolute atomic E-state index is 0.112. The van der Waals surface area contributed by atoms with Crippen LogP contribution in [0, 0.1) is 5.82 Å². The summed E-state index contributed by atoms with van der Waals surface area (Å²) < 4.78 is 18.6. The van der Waals surface area contributed by atoms with Gasteiger partial charge in [0, 0.05) is 37.9 Å². The third-order valence-corrected chi connectivity index (χ3v) is 5.92. The van der Waals surface area contributed by atoms with E-state index in [4.69, 9.17) is 4.74 Å². The number of halogens is 1. The summed E-state index contributed by atoms with van der Waals surface area (Å²) in [5.74, 6) is 0.604. The molecule has 35 heavy (non-hydrogen) atoms. The van der Waals surface area contributed by atoms with Gasteiger partial charge in [0.25, 0.3) is 5.91 Å². The summed E-state index contributed by atoms with van der Waals surface area (Å²) in [5, 5.41) is 2.81. The summed E-state index contributed by atoms with van der Waals surface area (Å²) in [7, 11) is 0. The van der Waals surface area contributed by atoms with Crippen molar-refractivity contribution in [2.75, 3.05) is 25.0 Å². The van der Waals surface area contributed by atoms with Crippen molar-refractivity contribution in [3.05, 3.63) is 82.7 Å². The Bertz CT molecular complexity index is 1230. The van der Waals surface area contributed by atoms with Gasteiger partial charge in [0.1, 0.15) is 23.1 Å². The van der Waals surface area contributed by atoms with Gasteiger partial charge in [-0.05, 0) is 56.3 Å². The van der Waals surface area contributed by atoms with E-state index in [9.17, 15) is 18.8 Å². The predicted octanol–water partition coefficient (Wildman–Crippen LogP) is 2.87. The molecule has 2 amide bonds. The van der Waals surface area contributed by atoms with E-state index in [0.29, 0.717) is 42.5 Å². The summed E-state index contributed by atoms with van der Waals surface area (Å²) >= 11 is 0.